The third-order valence-corrected chi connectivity index (χ3v) is 26.8. The van der Waals surface area contributed by atoms with Gasteiger partial charge in [0.2, 0.25) is 29.1 Å². The monoisotopic (exact) mass is 2360 g/mol. The Kier molecular flexibility index (Phi) is 40.6. The van der Waals surface area contributed by atoms with Gasteiger partial charge in [-0.3, -0.25) is 71.4 Å². The van der Waals surface area contributed by atoms with Crippen LogP contribution in [0.25, 0.3) is 0 Å². The number of nitrogens with zero attached hydrogens (tertiary/aromatic N) is 20. The number of halogens is 10. The Balaban J connectivity index is 0.000000171. The third-order valence-electron chi connectivity index (χ3n) is 20.7. The van der Waals surface area contributed by atoms with Crippen molar-refractivity contribution < 1.29 is 116 Å². The number of hydrogen-bond acceptors (Lipinski definition) is 40. The molecule has 0 saturated carbocycles. The van der Waals surface area contributed by atoms with Crippen molar-refractivity contribution in [3.05, 3.63) is 171 Å². The Morgan fingerprint density at radius 3 is 0.930 bits per heavy atom. The Labute approximate surface area is 849 Å². The standard InChI is InChI=1S/C17H22BrFN6O5S.C16H17BrFN7O4.C16H20BrFN6O5S.C15H17BrFN7O3.C14H15BrFN7O3/c1-10(2)29-31(27,28)25-8-11(9-25)5-6-20-16-15(23-30-24-16)17(22-26)21-12-3-4-14(19)13(18)7-12;17-10-5-9(1-2-11(10)18)21-15(22-28)12-14(24-29-23-12)20-4-3-8-6-25(7-8)16(27)13(19)26;1-2-28-30(26,27)24-8-10(9-24)5-6-19-15-14(22-29-23-15)16(21-25)20-11-3-4-13(18)12(17)7-11;1-18-15(25)24-6-8(7-24)5-19-13-12(22-27-23-13)14(21-26)20-9-2-3-11(17)10(16)4-9;15-9-3-8(1-2-10(9)16)19-13(20-25)11-12(22-26-21-11)18-4-7-5-23(6-7)14(17)24/h3-4,7,10-11,26H,5-6,8-9H2,1-2H3,(H,20,24)(H,21,22);1-2,5,8,28H,3-4,6-7H2,(H2,19,26)(H,20,24)(H,21,22);3-4,7,10,25H,2,5-6,8-9H2,1H3,(H,19,23)(H,20,21);2-4,8,26H,5-7H2,1H3,(H,18,25)(H,19,23)(H,20,21);1-3,7,25H,4-6H2,(H2,17,24)(H,18,22)(H,19,20). The average Bonchev–Trinajstić information content (AvgIpc) is 1.77. The van der Waals surface area contributed by atoms with Gasteiger partial charge in [0.25, 0.3) is 0 Å². The van der Waals surface area contributed by atoms with E-state index in [1.165, 1.54) is 109 Å². The van der Waals surface area contributed by atoms with Gasteiger partial charge < -0.3 is 58.1 Å². The number of benzene rings is 5. The maximum absolute atomic E-state index is 13.4. The van der Waals surface area contributed by atoms with Crippen molar-refractivity contribution in [1.82, 2.24) is 108 Å². The summed E-state index contributed by atoms with van der Waals surface area (Å²) >= 11 is 15.4. The number of hydrogen-bond donors (Lipinski definition) is 18. The van der Waals surface area contributed by atoms with Crippen LogP contribution in [0.5, 0.6) is 0 Å². The molecule has 770 valence electrons. The van der Waals surface area contributed by atoms with Crippen LogP contribution in [0.1, 0.15) is 68.5 Å². The molecule has 10 aromatic rings. The highest BCUT2D eigenvalue weighted by Gasteiger charge is 2.40. The minimum absolute atomic E-state index is 0.0159. The Morgan fingerprint density at radius 2 is 0.678 bits per heavy atom. The number of urea groups is 2. The number of aromatic nitrogens is 10. The molecular weight excluding hydrogens is 2280 g/mol. The Bertz CT molecular complexity index is 6450. The van der Waals surface area contributed by atoms with E-state index in [0.29, 0.717) is 146 Å². The number of nitrogens with two attached hydrogens (primary N) is 2. The molecule has 5 aromatic carbocycles. The number of nitrogens with one attached hydrogen (secondary N) is 11. The molecular formula is C78H91Br5F5N33O20S2. The lowest BCUT2D eigenvalue weighted by molar-refractivity contribution is -0.148. The number of hydroxylamine groups is 5. The molecule has 53 nitrogen and oxygen atoms in total. The SMILES string of the molecule is CC(C)OS(=O)(=O)N1CC(CCNc2nonc2C(=Nc2ccc(F)c(Br)c2)NO)C1.CCOS(=O)(=O)N1CC(CCNc2nonc2C(=Nc2ccc(F)c(Br)c2)NO)C1.CNC(=O)N1CC(CNc2nonc2C(=Nc2ccc(F)c(Br)c2)NO)C1.NC(=O)C(=O)N1CC(CCNc2nonc2C(=Nc2ccc(F)c(Br)c2)NO)C1.NC(=O)N1CC(CNc2nonc2C(=Nc2ccc(F)c(Br)c2)NO)C1. The molecule has 0 unspecified atom stereocenters. The fourth-order valence-electron chi connectivity index (χ4n) is 13.3. The highest BCUT2D eigenvalue weighted by molar-refractivity contribution is 9.11. The molecule has 0 radical (unpaired) electrons. The summed E-state index contributed by atoms with van der Waals surface area (Å²) in [6, 6.07) is 20.0. The van der Waals surface area contributed by atoms with Gasteiger partial charge in [-0.15, -0.1) is 0 Å². The van der Waals surface area contributed by atoms with Gasteiger partial charge in [-0.2, -0.15) is 25.4 Å². The quantitative estimate of drug-likeness (QED) is 0.00591. The van der Waals surface area contributed by atoms with Gasteiger partial charge in [-0.05, 0) is 280 Å². The van der Waals surface area contributed by atoms with E-state index in [1.54, 1.807) is 32.7 Å². The number of primary amides is 2. The van der Waals surface area contributed by atoms with E-state index in [2.05, 4.69) is 188 Å². The highest BCUT2D eigenvalue weighted by atomic mass is 79.9. The maximum Gasteiger partial charge on any atom is 0.338 e. The summed E-state index contributed by atoms with van der Waals surface area (Å²) in [5.41, 5.74) is 22.4. The first-order valence-corrected chi connectivity index (χ1v) is 49.1. The zero-order valence-electron chi connectivity index (χ0n) is 75.1. The first kappa shape index (κ1) is 111. The van der Waals surface area contributed by atoms with E-state index in [9.17, 15) is 84.0 Å². The summed E-state index contributed by atoms with van der Waals surface area (Å²) in [5.74, 6) is -1.70. The second-order valence-corrected chi connectivity index (χ2v) is 38.7. The minimum atomic E-state index is -3.68. The fraction of sp³-hybridized carbons (Fsp3) is 0.372. The number of rotatable bonds is 34. The molecule has 20 N–H and O–H groups in total. The van der Waals surface area contributed by atoms with Crippen molar-refractivity contribution in [2.75, 3.05) is 138 Å². The van der Waals surface area contributed by atoms with Gasteiger partial charge in [-0.1, -0.05) is 0 Å². The lowest BCUT2D eigenvalue weighted by Crippen LogP contribution is -2.55. The van der Waals surface area contributed by atoms with E-state index in [1.807, 2.05) is 27.4 Å². The Morgan fingerprint density at radius 1 is 0.413 bits per heavy atom. The molecule has 5 saturated heterocycles. The summed E-state index contributed by atoms with van der Waals surface area (Å²) in [7, 11) is -5.73. The molecule has 15 rings (SSSR count). The topological polar surface area (TPSA) is 713 Å². The maximum atomic E-state index is 13.4. The van der Waals surface area contributed by atoms with E-state index in [4.69, 9.17) is 43.0 Å². The predicted octanol–water partition coefficient (Wildman–Crippen LogP) is 8.41. The van der Waals surface area contributed by atoms with Gasteiger partial charge in [0, 0.05) is 117 Å². The third kappa shape index (κ3) is 31.1. The highest BCUT2D eigenvalue weighted by Crippen LogP contribution is 2.33. The number of carbonyl (C=O) groups is 4. The molecule has 0 atom stereocenters. The second kappa shape index (κ2) is 52.5. The van der Waals surface area contributed by atoms with Gasteiger partial charge in [0.1, 0.15) is 29.1 Å². The normalized spacial score (nSPS) is 15.2. The van der Waals surface area contributed by atoms with Crippen molar-refractivity contribution in [2.45, 2.75) is 46.1 Å². The number of anilines is 5. The zero-order chi connectivity index (χ0) is 103. The van der Waals surface area contributed by atoms with Crippen molar-refractivity contribution in [3.8, 4) is 0 Å². The van der Waals surface area contributed by atoms with Crippen LogP contribution in [0.2, 0.25) is 0 Å². The largest absolute Gasteiger partial charge is 0.365 e. The van der Waals surface area contributed by atoms with Crippen molar-refractivity contribution in [3.63, 3.8) is 0 Å². The molecule has 10 heterocycles. The van der Waals surface area contributed by atoms with E-state index in [-0.39, 0.29) is 151 Å². The number of amides is 6. The first-order valence-electron chi connectivity index (χ1n) is 42.4. The molecule has 0 bridgehead atoms. The summed E-state index contributed by atoms with van der Waals surface area (Å²) in [6.45, 7) is 12.3. The Hall–Kier alpha value is -12.8. The van der Waals surface area contributed by atoms with Crippen LogP contribution in [0.15, 0.2) is 161 Å². The number of likely N-dealkylation sites (tertiary alicyclic amines) is 3. The summed E-state index contributed by atoms with van der Waals surface area (Å²) in [4.78, 5) is 70.1. The van der Waals surface area contributed by atoms with E-state index in [0.717, 1.165) is 0 Å². The van der Waals surface area contributed by atoms with Gasteiger partial charge in [-0.25, -0.2) is 79.6 Å². The van der Waals surface area contributed by atoms with Crippen LogP contribution in [0, 0.1) is 58.7 Å². The van der Waals surface area contributed by atoms with Crippen LogP contribution < -0.4 is 70.8 Å². The summed E-state index contributed by atoms with van der Waals surface area (Å²) in [6.07, 6.45) is 1.63. The first-order chi connectivity index (χ1) is 68.4. The van der Waals surface area contributed by atoms with E-state index < -0.39 is 73.6 Å². The zero-order valence-corrected chi connectivity index (χ0v) is 84.7. The van der Waals surface area contributed by atoms with Crippen LogP contribution in [0.4, 0.5) is 89.1 Å². The second-order valence-electron chi connectivity index (χ2n) is 31.3. The molecule has 0 spiro atoms. The average molecular weight is 2370 g/mol. The fourth-order valence-corrected chi connectivity index (χ4v) is 17.8. The number of carbonyl (C=O) groups excluding carboxylic acids is 4. The smallest absolute Gasteiger partial charge is 0.338 e. The molecule has 5 aliphatic rings. The van der Waals surface area contributed by atoms with Crippen molar-refractivity contribution >= 4 is 211 Å². The minimum Gasteiger partial charge on any atom is -0.365 e. The molecule has 6 amide bonds. The molecule has 5 aliphatic heterocycles. The van der Waals surface area contributed by atoms with Crippen LogP contribution in [0.3, 0.4) is 0 Å². The summed E-state index contributed by atoms with van der Waals surface area (Å²) < 4.78 is 151. The summed E-state index contributed by atoms with van der Waals surface area (Å²) in [5, 5.41) is 102. The predicted molar refractivity (Wildman–Crippen MR) is 513 cm³/mol. The van der Waals surface area contributed by atoms with Crippen LogP contribution >= 0.6 is 79.6 Å². The number of aliphatic imine (C=N–C) groups is 5. The molecule has 5 aromatic heterocycles. The van der Waals surface area contributed by atoms with Crippen molar-refractivity contribution in [1.29, 1.82) is 0 Å². The lowest BCUT2D eigenvalue weighted by Gasteiger charge is -2.38. The molecule has 143 heavy (non-hydrogen) atoms. The van der Waals surface area contributed by atoms with Crippen LogP contribution in [-0.2, 0) is 38.6 Å². The molecule has 0 aliphatic carbocycles. The van der Waals surface area contributed by atoms with Crippen molar-refractivity contribution in [2.24, 2.45) is 66.0 Å². The number of amidine groups is 5. The molecule has 5 fully saturated rings. The lowest BCUT2D eigenvalue weighted by atomic mass is 9.96. The van der Waals surface area contributed by atoms with E-state index >= 15 is 0 Å². The van der Waals surface area contributed by atoms with Crippen LogP contribution in [-0.4, -0.2) is 289 Å². The molecule has 65 heteroatoms. The van der Waals surface area contributed by atoms with Gasteiger partial charge in [0.05, 0.1) is 63.5 Å². The van der Waals surface area contributed by atoms with Gasteiger partial charge >= 0.3 is 44.5 Å². The van der Waals surface area contributed by atoms with Gasteiger partial charge in [0.15, 0.2) is 57.6 Å².